The van der Waals surface area contributed by atoms with Gasteiger partial charge in [0.2, 0.25) is 0 Å². The number of benzene rings is 1. The Morgan fingerprint density at radius 1 is 1.24 bits per heavy atom. The van der Waals surface area contributed by atoms with Gasteiger partial charge in [-0.15, -0.1) is 0 Å². The smallest absolute Gasteiger partial charge is 0.282 e. The summed E-state index contributed by atoms with van der Waals surface area (Å²) in [6, 6.07) is 7.20. The van der Waals surface area contributed by atoms with Crippen LogP contribution in [0.5, 0.6) is 0 Å². The molecule has 1 aromatic carbocycles. The van der Waals surface area contributed by atoms with Crippen LogP contribution in [0.3, 0.4) is 0 Å². The number of hydrogen-bond acceptors (Lipinski definition) is 3. The second kappa shape index (κ2) is 6.47. The number of aromatic amines is 1. The quantitative estimate of drug-likeness (QED) is 0.588. The van der Waals surface area contributed by atoms with Crippen LogP contribution >= 0.6 is 0 Å². The predicted molar refractivity (Wildman–Crippen MR) is 74.4 cm³/mol. The van der Waals surface area contributed by atoms with E-state index in [1.54, 1.807) is 13.0 Å². The fourth-order valence-corrected chi connectivity index (χ4v) is 1.50. The maximum absolute atomic E-state index is 12.7. The molecule has 1 heterocycles. The molecule has 0 bridgehead atoms. The SMILES string of the molecule is Cc1cc(C(=O)NNC(=O)/C=C/c2ccc(F)cc2)n[nH]1. The molecule has 6 nitrogen and oxygen atoms in total. The van der Waals surface area contributed by atoms with Gasteiger partial charge in [-0.2, -0.15) is 5.10 Å². The zero-order valence-electron chi connectivity index (χ0n) is 11.2. The van der Waals surface area contributed by atoms with Crippen LogP contribution in [0.1, 0.15) is 21.7 Å². The molecule has 0 aliphatic heterocycles. The summed E-state index contributed by atoms with van der Waals surface area (Å²) in [6.07, 6.45) is 2.73. The highest BCUT2D eigenvalue weighted by Gasteiger charge is 2.08. The Morgan fingerprint density at radius 3 is 2.57 bits per heavy atom. The van der Waals surface area contributed by atoms with Gasteiger partial charge in [-0.1, -0.05) is 12.1 Å². The number of hydrazine groups is 1. The lowest BCUT2D eigenvalue weighted by Gasteiger charge is -2.02. The fraction of sp³-hybridized carbons (Fsp3) is 0.0714. The maximum Gasteiger partial charge on any atom is 0.290 e. The summed E-state index contributed by atoms with van der Waals surface area (Å²) in [7, 11) is 0. The van der Waals surface area contributed by atoms with Gasteiger partial charge in [0.25, 0.3) is 11.8 Å². The Hall–Kier alpha value is -2.96. The first-order chi connectivity index (χ1) is 10.0. The molecule has 3 N–H and O–H groups in total. The average Bonchev–Trinajstić information content (AvgIpc) is 2.91. The number of carbonyl (C=O) groups is 2. The molecule has 2 amide bonds. The number of H-pyrrole nitrogens is 1. The van der Waals surface area contributed by atoms with Crippen LogP contribution in [-0.4, -0.2) is 22.0 Å². The van der Waals surface area contributed by atoms with E-state index in [9.17, 15) is 14.0 Å². The van der Waals surface area contributed by atoms with E-state index >= 15 is 0 Å². The Labute approximate surface area is 120 Å². The minimum Gasteiger partial charge on any atom is -0.282 e. The first-order valence-corrected chi connectivity index (χ1v) is 6.10. The van der Waals surface area contributed by atoms with Crippen LogP contribution in [0.25, 0.3) is 6.08 Å². The van der Waals surface area contributed by atoms with Gasteiger partial charge in [0.1, 0.15) is 5.82 Å². The standard InChI is InChI=1S/C14H13FN4O2/c1-9-8-12(17-16-9)14(21)19-18-13(20)7-4-10-2-5-11(15)6-3-10/h2-8H,1H3,(H,16,17)(H,18,20)(H,19,21)/b7-4+. The van der Waals surface area contributed by atoms with Crippen LogP contribution in [-0.2, 0) is 4.79 Å². The number of hydrogen-bond donors (Lipinski definition) is 3. The van der Waals surface area contributed by atoms with Gasteiger partial charge in [0, 0.05) is 11.8 Å². The molecule has 0 fully saturated rings. The number of rotatable bonds is 3. The first-order valence-electron chi connectivity index (χ1n) is 6.10. The summed E-state index contributed by atoms with van der Waals surface area (Å²) >= 11 is 0. The summed E-state index contributed by atoms with van der Waals surface area (Å²) in [5.41, 5.74) is 6.03. The molecule has 2 rings (SSSR count). The Morgan fingerprint density at radius 2 is 1.95 bits per heavy atom. The Balaban J connectivity index is 1.84. The van der Waals surface area contributed by atoms with Gasteiger partial charge in [0.15, 0.2) is 5.69 Å². The molecule has 0 atom stereocenters. The summed E-state index contributed by atoms with van der Waals surface area (Å²) in [5.74, 6) is -1.39. The molecule has 0 saturated carbocycles. The molecule has 21 heavy (non-hydrogen) atoms. The Kier molecular flexibility index (Phi) is 4.45. The van der Waals surface area contributed by atoms with Gasteiger partial charge < -0.3 is 0 Å². The van der Waals surface area contributed by atoms with E-state index < -0.39 is 11.8 Å². The summed E-state index contributed by atoms with van der Waals surface area (Å²) in [5, 5.41) is 6.37. The van der Waals surface area contributed by atoms with E-state index in [-0.39, 0.29) is 11.5 Å². The maximum atomic E-state index is 12.7. The average molecular weight is 288 g/mol. The number of halogens is 1. The Bertz CT molecular complexity index is 677. The van der Waals surface area contributed by atoms with E-state index in [0.717, 1.165) is 5.69 Å². The van der Waals surface area contributed by atoms with Gasteiger partial charge >= 0.3 is 0 Å². The predicted octanol–water partition coefficient (Wildman–Crippen LogP) is 1.33. The largest absolute Gasteiger partial charge is 0.290 e. The monoisotopic (exact) mass is 288 g/mol. The lowest BCUT2D eigenvalue weighted by atomic mass is 10.2. The summed E-state index contributed by atoms with van der Waals surface area (Å²) < 4.78 is 12.7. The van der Waals surface area contributed by atoms with Crippen molar-refractivity contribution in [2.75, 3.05) is 0 Å². The van der Waals surface area contributed by atoms with Crippen LogP contribution < -0.4 is 10.9 Å². The molecule has 7 heteroatoms. The molecule has 0 unspecified atom stereocenters. The van der Waals surface area contributed by atoms with Crippen molar-refractivity contribution < 1.29 is 14.0 Å². The minimum atomic E-state index is -0.525. The van der Waals surface area contributed by atoms with Gasteiger partial charge in [-0.25, -0.2) is 4.39 Å². The van der Waals surface area contributed by atoms with Crippen molar-refractivity contribution in [1.29, 1.82) is 0 Å². The third-order valence-corrected chi connectivity index (χ3v) is 2.53. The topological polar surface area (TPSA) is 86.9 Å². The van der Waals surface area contributed by atoms with Crippen LogP contribution in [0.2, 0.25) is 0 Å². The van der Waals surface area contributed by atoms with Gasteiger partial charge in [-0.05, 0) is 36.8 Å². The van der Waals surface area contributed by atoms with Crippen molar-refractivity contribution in [3.05, 3.63) is 59.2 Å². The van der Waals surface area contributed by atoms with E-state index in [4.69, 9.17) is 0 Å². The normalized spacial score (nSPS) is 10.6. The molecular formula is C14H13FN4O2. The van der Waals surface area contributed by atoms with Gasteiger partial charge in [0.05, 0.1) is 0 Å². The lowest BCUT2D eigenvalue weighted by molar-refractivity contribution is -0.117. The van der Waals surface area contributed by atoms with Crippen molar-refractivity contribution in [2.45, 2.75) is 6.92 Å². The summed E-state index contributed by atoms with van der Waals surface area (Å²) in [6.45, 7) is 1.76. The number of aromatic nitrogens is 2. The minimum absolute atomic E-state index is 0.176. The number of nitrogens with zero attached hydrogens (tertiary/aromatic N) is 1. The van der Waals surface area contributed by atoms with Crippen LogP contribution in [0.15, 0.2) is 36.4 Å². The van der Waals surface area contributed by atoms with Gasteiger partial charge in [-0.3, -0.25) is 25.5 Å². The van der Waals surface area contributed by atoms with E-state index in [1.165, 1.54) is 36.4 Å². The number of nitrogens with one attached hydrogen (secondary N) is 3. The lowest BCUT2D eigenvalue weighted by Crippen LogP contribution is -2.40. The third-order valence-electron chi connectivity index (χ3n) is 2.53. The molecule has 0 radical (unpaired) electrons. The second-order valence-corrected chi connectivity index (χ2v) is 4.26. The zero-order valence-corrected chi connectivity index (χ0v) is 11.2. The molecule has 0 aliphatic carbocycles. The van der Waals surface area contributed by atoms with E-state index in [0.29, 0.717) is 5.56 Å². The molecule has 0 aliphatic rings. The zero-order chi connectivity index (χ0) is 15.2. The second-order valence-electron chi connectivity index (χ2n) is 4.26. The van der Waals surface area contributed by atoms with Crippen molar-refractivity contribution in [2.24, 2.45) is 0 Å². The highest BCUT2D eigenvalue weighted by molar-refractivity contribution is 5.96. The highest BCUT2D eigenvalue weighted by atomic mass is 19.1. The fourth-order valence-electron chi connectivity index (χ4n) is 1.50. The van der Waals surface area contributed by atoms with Crippen LogP contribution in [0, 0.1) is 12.7 Å². The van der Waals surface area contributed by atoms with Crippen LogP contribution in [0.4, 0.5) is 4.39 Å². The first kappa shape index (κ1) is 14.4. The molecule has 108 valence electrons. The highest BCUT2D eigenvalue weighted by Crippen LogP contribution is 2.04. The molecule has 0 spiro atoms. The molecule has 1 aromatic heterocycles. The van der Waals surface area contributed by atoms with Crippen molar-refractivity contribution in [1.82, 2.24) is 21.0 Å². The van der Waals surface area contributed by atoms with Crippen molar-refractivity contribution in [3.63, 3.8) is 0 Å². The number of aryl methyl sites for hydroxylation is 1. The van der Waals surface area contributed by atoms with Crippen molar-refractivity contribution in [3.8, 4) is 0 Å². The molecular weight excluding hydrogens is 275 g/mol. The van der Waals surface area contributed by atoms with E-state index in [1.807, 2.05) is 0 Å². The summed E-state index contributed by atoms with van der Waals surface area (Å²) in [4.78, 5) is 23.1. The third kappa shape index (κ3) is 4.27. The van der Waals surface area contributed by atoms with Crippen molar-refractivity contribution >= 4 is 17.9 Å². The van der Waals surface area contributed by atoms with E-state index in [2.05, 4.69) is 21.0 Å². The number of amides is 2. The molecule has 0 saturated heterocycles. The number of carbonyl (C=O) groups excluding carboxylic acids is 2. The molecule has 2 aromatic rings.